The van der Waals surface area contributed by atoms with E-state index in [2.05, 4.69) is 46.7 Å². The highest BCUT2D eigenvalue weighted by Gasteiger charge is 2.16. The molecule has 5 nitrogen and oxygen atoms in total. The molecule has 0 aliphatic heterocycles. The van der Waals surface area contributed by atoms with Crippen LogP contribution in [-0.2, 0) is 0 Å². The largest absolute Gasteiger partial charge is 0.495 e. The van der Waals surface area contributed by atoms with Crippen LogP contribution in [0.4, 0.5) is 5.69 Å². The van der Waals surface area contributed by atoms with Gasteiger partial charge in [-0.05, 0) is 82.6 Å². The summed E-state index contributed by atoms with van der Waals surface area (Å²) >= 11 is 8.36. The number of halogens is 2. The SMILES string of the molecule is COc1ccc(-c2nc3cc(C(C)C)ccc3o2)cc1NC(=O)c1cc(I)ccc1Cl. The first-order valence-corrected chi connectivity index (χ1v) is 11.2. The van der Waals surface area contributed by atoms with E-state index in [-0.39, 0.29) is 5.91 Å². The second kappa shape index (κ2) is 8.88. The molecule has 0 fully saturated rings. The molecule has 0 unspecified atom stereocenters. The van der Waals surface area contributed by atoms with Crippen LogP contribution in [-0.4, -0.2) is 18.0 Å². The Bertz CT molecular complexity index is 1280. The van der Waals surface area contributed by atoms with Gasteiger partial charge in [0.25, 0.3) is 5.91 Å². The summed E-state index contributed by atoms with van der Waals surface area (Å²) in [6.45, 7) is 4.28. The van der Waals surface area contributed by atoms with E-state index in [1.807, 2.05) is 30.3 Å². The van der Waals surface area contributed by atoms with Crippen molar-refractivity contribution in [2.75, 3.05) is 12.4 Å². The Balaban J connectivity index is 1.70. The molecule has 0 saturated carbocycles. The van der Waals surface area contributed by atoms with Crippen molar-refractivity contribution in [1.29, 1.82) is 0 Å². The third-order valence-electron chi connectivity index (χ3n) is 4.95. The zero-order chi connectivity index (χ0) is 22.1. The molecule has 1 N–H and O–H groups in total. The van der Waals surface area contributed by atoms with Gasteiger partial charge in [0, 0.05) is 9.13 Å². The Morgan fingerprint density at radius 1 is 1.13 bits per heavy atom. The number of fused-ring (bicyclic) bond motifs is 1. The molecule has 0 saturated heterocycles. The molecule has 158 valence electrons. The fourth-order valence-corrected chi connectivity index (χ4v) is 3.92. The average Bonchev–Trinajstić information content (AvgIpc) is 3.18. The van der Waals surface area contributed by atoms with E-state index >= 15 is 0 Å². The van der Waals surface area contributed by atoms with Crippen LogP contribution in [0.2, 0.25) is 5.02 Å². The molecule has 0 spiro atoms. The van der Waals surface area contributed by atoms with Crippen LogP contribution in [0.15, 0.2) is 59.0 Å². The van der Waals surface area contributed by atoms with Gasteiger partial charge < -0.3 is 14.5 Å². The average molecular weight is 547 g/mol. The summed E-state index contributed by atoms with van der Waals surface area (Å²) in [7, 11) is 1.55. The Morgan fingerprint density at radius 3 is 2.68 bits per heavy atom. The summed E-state index contributed by atoms with van der Waals surface area (Å²) in [5.41, 5.74) is 4.34. The van der Waals surface area contributed by atoms with E-state index in [0.717, 1.165) is 14.7 Å². The molecule has 1 amide bonds. The van der Waals surface area contributed by atoms with Gasteiger partial charge in [-0.3, -0.25) is 4.79 Å². The lowest BCUT2D eigenvalue weighted by atomic mass is 10.0. The van der Waals surface area contributed by atoms with Crippen LogP contribution in [0.5, 0.6) is 5.75 Å². The van der Waals surface area contributed by atoms with Crippen LogP contribution in [0.1, 0.15) is 35.7 Å². The van der Waals surface area contributed by atoms with Crippen molar-refractivity contribution in [3.05, 3.63) is 74.3 Å². The minimum absolute atomic E-state index is 0.321. The van der Waals surface area contributed by atoms with Crippen LogP contribution in [0.25, 0.3) is 22.6 Å². The number of rotatable bonds is 5. The van der Waals surface area contributed by atoms with Crippen molar-refractivity contribution < 1.29 is 13.9 Å². The number of nitrogens with one attached hydrogen (secondary N) is 1. The monoisotopic (exact) mass is 546 g/mol. The van der Waals surface area contributed by atoms with Crippen LogP contribution in [0.3, 0.4) is 0 Å². The molecule has 31 heavy (non-hydrogen) atoms. The molecule has 0 aliphatic carbocycles. The number of hydrogen-bond acceptors (Lipinski definition) is 4. The maximum absolute atomic E-state index is 12.9. The number of benzene rings is 3. The number of amides is 1. The predicted molar refractivity (Wildman–Crippen MR) is 132 cm³/mol. The van der Waals surface area contributed by atoms with Gasteiger partial charge in [0.1, 0.15) is 11.3 Å². The van der Waals surface area contributed by atoms with Gasteiger partial charge in [-0.15, -0.1) is 0 Å². The first-order valence-electron chi connectivity index (χ1n) is 9.71. The molecule has 0 bridgehead atoms. The first kappa shape index (κ1) is 21.6. The maximum Gasteiger partial charge on any atom is 0.257 e. The lowest BCUT2D eigenvalue weighted by Gasteiger charge is -2.12. The van der Waals surface area contributed by atoms with Crippen molar-refractivity contribution in [3.8, 4) is 17.2 Å². The fourth-order valence-electron chi connectivity index (χ4n) is 3.23. The van der Waals surface area contributed by atoms with Gasteiger partial charge in [-0.25, -0.2) is 4.98 Å². The highest BCUT2D eigenvalue weighted by molar-refractivity contribution is 14.1. The van der Waals surface area contributed by atoms with Gasteiger partial charge >= 0.3 is 0 Å². The van der Waals surface area contributed by atoms with Crippen molar-refractivity contribution in [1.82, 2.24) is 4.98 Å². The number of hydrogen-bond donors (Lipinski definition) is 1. The Morgan fingerprint density at radius 2 is 1.94 bits per heavy atom. The quantitative estimate of drug-likeness (QED) is 0.270. The van der Waals surface area contributed by atoms with Crippen molar-refractivity contribution in [2.24, 2.45) is 0 Å². The number of methoxy groups -OCH3 is 1. The molecular formula is C24H20ClIN2O3. The van der Waals surface area contributed by atoms with E-state index in [1.165, 1.54) is 5.56 Å². The Hall–Kier alpha value is -2.58. The lowest BCUT2D eigenvalue weighted by molar-refractivity contribution is 0.102. The fraction of sp³-hybridized carbons (Fsp3) is 0.167. The van der Waals surface area contributed by atoms with Crippen LogP contribution >= 0.6 is 34.2 Å². The highest BCUT2D eigenvalue weighted by atomic mass is 127. The molecule has 4 rings (SSSR count). The first-order chi connectivity index (χ1) is 14.9. The smallest absolute Gasteiger partial charge is 0.257 e. The summed E-state index contributed by atoms with van der Waals surface area (Å²) in [6, 6.07) is 16.7. The van der Waals surface area contributed by atoms with E-state index < -0.39 is 0 Å². The van der Waals surface area contributed by atoms with Crippen LogP contribution in [0, 0.1) is 3.57 Å². The molecule has 4 aromatic rings. The van der Waals surface area contributed by atoms with Gasteiger partial charge in [0.2, 0.25) is 5.89 Å². The summed E-state index contributed by atoms with van der Waals surface area (Å²) in [5.74, 6) is 1.08. The molecule has 1 aromatic heterocycles. The Labute approximate surface area is 198 Å². The zero-order valence-electron chi connectivity index (χ0n) is 17.2. The van der Waals surface area contributed by atoms with Gasteiger partial charge in [-0.2, -0.15) is 0 Å². The maximum atomic E-state index is 12.9. The topological polar surface area (TPSA) is 64.4 Å². The zero-order valence-corrected chi connectivity index (χ0v) is 20.1. The molecule has 0 atom stereocenters. The number of oxazole rings is 1. The number of aromatic nitrogens is 1. The van der Waals surface area contributed by atoms with Gasteiger partial charge in [-0.1, -0.05) is 31.5 Å². The molecular weight excluding hydrogens is 527 g/mol. The minimum atomic E-state index is -0.321. The summed E-state index contributed by atoms with van der Waals surface area (Å²) in [4.78, 5) is 17.5. The third-order valence-corrected chi connectivity index (χ3v) is 5.95. The minimum Gasteiger partial charge on any atom is -0.495 e. The number of carbonyl (C=O) groups excluding carboxylic acids is 1. The van der Waals surface area contributed by atoms with Gasteiger partial charge in [0.05, 0.1) is 23.4 Å². The lowest BCUT2D eigenvalue weighted by Crippen LogP contribution is -2.13. The molecule has 0 aliphatic rings. The van der Waals surface area contributed by atoms with Crippen molar-refractivity contribution in [2.45, 2.75) is 19.8 Å². The van der Waals surface area contributed by atoms with Crippen molar-refractivity contribution in [3.63, 3.8) is 0 Å². The number of ether oxygens (including phenoxy) is 1. The number of anilines is 1. The highest BCUT2D eigenvalue weighted by Crippen LogP contribution is 2.33. The summed E-state index contributed by atoms with van der Waals surface area (Å²) < 4.78 is 12.3. The number of carbonyl (C=O) groups is 1. The van der Waals surface area contributed by atoms with Gasteiger partial charge in [0.15, 0.2) is 5.58 Å². The van der Waals surface area contributed by atoms with Crippen LogP contribution < -0.4 is 10.1 Å². The van der Waals surface area contributed by atoms with E-state index in [0.29, 0.717) is 39.4 Å². The predicted octanol–water partition coefficient (Wildman–Crippen LogP) is 7.14. The molecule has 0 radical (unpaired) electrons. The normalized spacial score (nSPS) is 11.2. The molecule has 7 heteroatoms. The summed E-state index contributed by atoms with van der Waals surface area (Å²) in [6.07, 6.45) is 0. The number of nitrogens with zero attached hydrogens (tertiary/aromatic N) is 1. The van der Waals surface area contributed by atoms with E-state index in [1.54, 1.807) is 31.4 Å². The summed E-state index contributed by atoms with van der Waals surface area (Å²) in [5, 5.41) is 3.27. The standard InChI is InChI=1S/C24H20ClIN2O3/c1-13(2)14-4-9-22-20(10-14)28-24(31-22)15-5-8-21(30-3)19(11-15)27-23(29)17-12-16(26)6-7-18(17)25/h4-13H,1-3H3,(H,27,29). The molecule has 3 aromatic carbocycles. The second-order valence-corrected chi connectivity index (χ2v) is 9.05. The van der Waals surface area contributed by atoms with E-state index in [9.17, 15) is 4.79 Å². The van der Waals surface area contributed by atoms with E-state index in [4.69, 9.17) is 20.8 Å². The Kier molecular flexibility index (Phi) is 6.20. The van der Waals surface area contributed by atoms with Crippen molar-refractivity contribution >= 4 is 56.9 Å². The molecule has 1 heterocycles. The third kappa shape index (κ3) is 4.55. The second-order valence-electron chi connectivity index (χ2n) is 7.39.